The molecule has 118 valence electrons. The number of allylic oxidation sites excluding steroid dienone is 1. The standard InChI is InChI=1S/C15H17Cl2N3S2/c1-15(17)6-10(16)2-3-11(15)13-8-21-14(22-13)12(7-18)20-5-4-19-9-20/h4-5,9-11,13H,2-3,6,8H2,1H3/b14-12+. The van der Waals surface area contributed by atoms with Crippen molar-refractivity contribution < 1.29 is 0 Å². The lowest BCUT2D eigenvalue weighted by molar-refractivity contribution is 0.288. The normalized spacial score (nSPS) is 37.8. The van der Waals surface area contributed by atoms with Gasteiger partial charge in [0, 0.05) is 33.6 Å². The highest BCUT2D eigenvalue weighted by Gasteiger charge is 2.44. The Balaban J connectivity index is 1.79. The third-order valence-electron chi connectivity index (χ3n) is 4.33. The van der Waals surface area contributed by atoms with Crippen LogP contribution in [0.15, 0.2) is 23.0 Å². The molecule has 0 amide bonds. The van der Waals surface area contributed by atoms with E-state index in [0.29, 0.717) is 16.9 Å². The van der Waals surface area contributed by atoms with Crippen LogP contribution in [0.1, 0.15) is 26.2 Å². The summed E-state index contributed by atoms with van der Waals surface area (Å²) in [5.41, 5.74) is 0.664. The summed E-state index contributed by atoms with van der Waals surface area (Å²) >= 11 is 16.6. The smallest absolute Gasteiger partial charge is 0.145 e. The van der Waals surface area contributed by atoms with Crippen molar-refractivity contribution in [3.63, 3.8) is 0 Å². The first kappa shape index (κ1) is 16.6. The Kier molecular flexibility index (Phi) is 5.04. The second kappa shape index (κ2) is 6.68. The van der Waals surface area contributed by atoms with Crippen molar-refractivity contribution in [1.82, 2.24) is 9.55 Å². The predicted octanol–water partition coefficient (Wildman–Crippen LogP) is 4.79. The molecule has 0 radical (unpaired) electrons. The molecule has 7 heteroatoms. The molecule has 2 heterocycles. The van der Waals surface area contributed by atoms with Gasteiger partial charge in [-0.15, -0.1) is 46.7 Å². The third kappa shape index (κ3) is 3.31. The molecule has 22 heavy (non-hydrogen) atoms. The number of nitriles is 1. The van der Waals surface area contributed by atoms with Crippen molar-refractivity contribution in [2.24, 2.45) is 5.92 Å². The number of hydrogen-bond donors (Lipinski definition) is 0. The third-order valence-corrected chi connectivity index (χ3v) is 8.18. The minimum atomic E-state index is -0.250. The number of imidazole rings is 1. The lowest BCUT2D eigenvalue weighted by atomic mass is 9.77. The number of nitrogens with zero attached hydrogens (tertiary/aromatic N) is 3. The van der Waals surface area contributed by atoms with Crippen LogP contribution in [0.3, 0.4) is 0 Å². The highest BCUT2D eigenvalue weighted by atomic mass is 35.5. The Hall–Kier alpha value is -0.280. The maximum Gasteiger partial charge on any atom is 0.145 e. The lowest BCUT2D eigenvalue weighted by Crippen LogP contribution is -2.42. The monoisotopic (exact) mass is 373 g/mol. The van der Waals surface area contributed by atoms with E-state index in [4.69, 9.17) is 23.2 Å². The topological polar surface area (TPSA) is 41.6 Å². The fraction of sp³-hybridized carbons (Fsp3) is 0.600. The van der Waals surface area contributed by atoms with Gasteiger partial charge in [-0.2, -0.15) is 5.26 Å². The molecule has 2 aliphatic rings. The van der Waals surface area contributed by atoms with Gasteiger partial charge in [-0.3, -0.25) is 4.57 Å². The van der Waals surface area contributed by atoms with E-state index in [9.17, 15) is 5.26 Å². The van der Waals surface area contributed by atoms with Crippen LogP contribution in [0.5, 0.6) is 0 Å². The molecule has 1 aromatic rings. The van der Waals surface area contributed by atoms with Crippen LogP contribution in [0, 0.1) is 17.2 Å². The summed E-state index contributed by atoms with van der Waals surface area (Å²) in [6, 6.07) is 2.30. The minimum absolute atomic E-state index is 0.188. The summed E-state index contributed by atoms with van der Waals surface area (Å²) in [7, 11) is 0. The van der Waals surface area contributed by atoms with Crippen molar-refractivity contribution >= 4 is 52.4 Å². The van der Waals surface area contributed by atoms with Gasteiger partial charge in [-0.05, 0) is 32.1 Å². The van der Waals surface area contributed by atoms with E-state index >= 15 is 0 Å². The average Bonchev–Trinajstić information content (AvgIpc) is 3.10. The second-order valence-corrected chi connectivity index (χ2v) is 9.97. The van der Waals surface area contributed by atoms with Crippen LogP contribution in [-0.2, 0) is 0 Å². The summed E-state index contributed by atoms with van der Waals surface area (Å²) in [6.07, 6.45) is 8.12. The lowest BCUT2D eigenvalue weighted by Gasteiger charge is -2.41. The van der Waals surface area contributed by atoms with E-state index in [2.05, 4.69) is 18.0 Å². The molecule has 4 atom stereocenters. The fourth-order valence-electron chi connectivity index (χ4n) is 3.21. The Labute approximate surface area is 149 Å². The summed E-state index contributed by atoms with van der Waals surface area (Å²) in [5, 5.41) is 10.1. The van der Waals surface area contributed by atoms with E-state index in [1.54, 1.807) is 40.6 Å². The van der Waals surface area contributed by atoms with Crippen molar-refractivity contribution in [3.8, 4) is 6.07 Å². The van der Waals surface area contributed by atoms with E-state index in [-0.39, 0.29) is 10.3 Å². The van der Waals surface area contributed by atoms with Crippen molar-refractivity contribution in [3.05, 3.63) is 23.0 Å². The van der Waals surface area contributed by atoms with Crippen molar-refractivity contribution in [2.75, 3.05) is 5.75 Å². The molecule has 0 bridgehead atoms. The zero-order valence-corrected chi connectivity index (χ0v) is 15.4. The van der Waals surface area contributed by atoms with Crippen LogP contribution >= 0.6 is 46.7 Å². The molecule has 2 fully saturated rings. The Morgan fingerprint density at radius 3 is 3.00 bits per heavy atom. The zero-order chi connectivity index (χ0) is 15.7. The molecule has 3 rings (SSSR count). The molecule has 0 spiro atoms. The SMILES string of the molecule is CC1(Cl)CC(Cl)CCC1C1CS/C(=C(/C#N)n2ccnc2)S1. The Morgan fingerprint density at radius 1 is 1.55 bits per heavy atom. The van der Waals surface area contributed by atoms with Crippen LogP contribution in [0.2, 0.25) is 0 Å². The van der Waals surface area contributed by atoms with Crippen LogP contribution in [0.4, 0.5) is 0 Å². The number of aromatic nitrogens is 2. The fourth-order valence-corrected chi connectivity index (χ4v) is 7.55. The van der Waals surface area contributed by atoms with Gasteiger partial charge in [0.2, 0.25) is 0 Å². The predicted molar refractivity (Wildman–Crippen MR) is 96.1 cm³/mol. The molecule has 3 nitrogen and oxygen atoms in total. The zero-order valence-electron chi connectivity index (χ0n) is 12.2. The van der Waals surface area contributed by atoms with E-state index < -0.39 is 0 Å². The average molecular weight is 374 g/mol. The Bertz CT molecular complexity index is 607. The molecule has 4 unspecified atom stereocenters. The maximum absolute atomic E-state index is 9.47. The van der Waals surface area contributed by atoms with Crippen LogP contribution in [0.25, 0.3) is 5.70 Å². The Morgan fingerprint density at radius 2 is 2.36 bits per heavy atom. The molecule has 1 aromatic heterocycles. The quantitative estimate of drug-likeness (QED) is 0.552. The van der Waals surface area contributed by atoms with Gasteiger partial charge >= 0.3 is 0 Å². The summed E-state index contributed by atoms with van der Waals surface area (Å²) in [4.78, 5) is 3.78. The number of thioether (sulfide) groups is 2. The molecule has 1 saturated carbocycles. The number of alkyl halides is 2. The summed E-state index contributed by atoms with van der Waals surface area (Å²) < 4.78 is 2.86. The van der Waals surface area contributed by atoms with Crippen molar-refractivity contribution in [1.29, 1.82) is 5.26 Å². The second-order valence-electron chi connectivity index (χ2n) is 5.95. The minimum Gasteiger partial charge on any atom is -0.296 e. The number of rotatable bonds is 2. The first-order valence-electron chi connectivity index (χ1n) is 7.26. The van der Waals surface area contributed by atoms with Gasteiger partial charge in [0.25, 0.3) is 0 Å². The highest BCUT2D eigenvalue weighted by Crippen LogP contribution is 2.53. The van der Waals surface area contributed by atoms with Gasteiger partial charge in [-0.25, -0.2) is 4.98 Å². The number of hydrogen-bond acceptors (Lipinski definition) is 4. The summed E-state index contributed by atoms with van der Waals surface area (Å²) in [5.74, 6) is 1.43. The van der Waals surface area contributed by atoms with E-state index in [0.717, 1.165) is 29.3 Å². The van der Waals surface area contributed by atoms with Gasteiger partial charge in [0.1, 0.15) is 11.8 Å². The molecule has 1 aliphatic carbocycles. The molecule has 1 aliphatic heterocycles. The maximum atomic E-state index is 9.47. The molecule has 0 N–H and O–H groups in total. The van der Waals surface area contributed by atoms with Gasteiger partial charge in [-0.1, -0.05) is 0 Å². The summed E-state index contributed by atoms with van der Waals surface area (Å²) in [6.45, 7) is 2.11. The van der Waals surface area contributed by atoms with E-state index in [1.807, 2.05) is 6.20 Å². The van der Waals surface area contributed by atoms with Crippen molar-refractivity contribution in [2.45, 2.75) is 41.7 Å². The number of halogens is 2. The largest absolute Gasteiger partial charge is 0.296 e. The molecule has 0 aromatic carbocycles. The highest BCUT2D eigenvalue weighted by molar-refractivity contribution is 8.25. The van der Waals surface area contributed by atoms with Crippen LogP contribution < -0.4 is 0 Å². The van der Waals surface area contributed by atoms with Gasteiger partial charge < -0.3 is 0 Å². The molecule has 1 saturated heterocycles. The van der Waals surface area contributed by atoms with Gasteiger partial charge in [0.05, 0.1) is 10.6 Å². The van der Waals surface area contributed by atoms with Crippen LogP contribution in [-0.4, -0.2) is 30.8 Å². The van der Waals surface area contributed by atoms with Gasteiger partial charge in [0.15, 0.2) is 0 Å². The molecular formula is C15H17Cl2N3S2. The molecular weight excluding hydrogens is 357 g/mol. The first-order valence-corrected chi connectivity index (χ1v) is 9.94. The first-order chi connectivity index (χ1) is 10.5. The van der Waals surface area contributed by atoms with E-state index in [1.165, 1.54) is 0 Å².